The van der Waals surface area contributed by atoms with Crippen molar-refractivity contribution in [2.45, 2.75) is 56.7 Å². The molecule has 0 aromatic rings. The summed E-state index contributed by atoms with van der Waals surface area (Å²) in [4.78, 5) is 14.3. The maximum Gasteiger partial charge on any atom is 0.315 e. The highest BCUT2D eigenvalue weighted by atomic mass is 16.3. The molecular formula is C14H27N3O2. The third-order valence-electron chi connectivity index (χ3n) is 4.68. The Kier molecular flexibility index (Phi) is 4.36. The van der Waals surface area contributed by atoms with Crippen molar-refractivity contribution >= 4 is 6.03 Å². The van der Waals surface area contributed by atoms with Gasteiger partial charge in [-0.1, -0.05) is 0 Å². The van der Waals surface area contributed by atoms with Crippen LogP contribution < -0.4 is 10.6 Å². The van der Waals surface area contributed by atoms with Crippen molar-refractivity contribution in [2.24, 2.45) is 5.92 Å². The van der Waals surface area contributed by atoms with Crippen LogP contribution in [0.4, 0.5) is 4.79 Å². The Balaban J connectivity index is 1.78. The van der Waals surface area contributed by atoms with E-state index in [1.54, 1.807) is 0 Å². The van der Waals surface area contributed by atoms with Gasteiger partial charge in [0.15, 0.2) is 0 Å². The molecule has 2 rings (SSSR count). The summed E-state index contributed by atoms with van der Waals surface area (Å²) in [6, 6.07) is 0.695. The number of urea groups is 1. The molecule has 3 atom stereocenters. The van der Waals surface area contributed by atoms with Gasteiger partial charge < -0.3 is 20.6 Å². The van der Waals surface area contributed by atoms with Crippen molar-refractivity contribution in [3.05, 3.63) is 0 Å². The minimum absolute atomic E-state index is 0.01000. The number of aliphatic hydroxyl groups is 1. The third kappa shape index (κ3) is 3.60. The first-order chi connectivity index (χ1) is 8.94. The second-order valence-electron chi connectivity index (χ2n) is 6.58. The number of carbonyl (C=O) groups is 1. The minimum Gasteiger partial charge on any atom is -0.394 e. The number of hydrogen-bond donors (Lipinski definition) is 3. The van der Waals surface area contributed by atoms with Crippen LogP contribution in [0.2, 0.25) is 0 Å². The largest absolute Gasteiger partial charge is 0.394 e. The van der Waals surface area contributed by atoms with Gasteiger partial charge in [0.05, 0.1) is 12.1 Å². The van der Waals surface area contributed by atoms with Crippen LogP contribution in [0.5, 0.6) is 0 Å². The highest BCUT2D eigenvalue weighted by molar-refractivity contribution is 5.75. The van der Waals surface area contributed by atoms with Gasteiger partial charge in [0.1, 0.15) is 0 Å². The first-order valence-electron chi connectivity index (χ1n) is 7.30. The zero-order valence-electron chi connectivity index (χ0n) is 12.3. The van der Waals surface area contributed by atoms with Crippen LogP contribution in [0, 0.1) is 5.92 Å². The van der Waals surface area contributed by atoms with E-state index in [2.05, 4.69) is 29.6 Å². The number of rotatable bonds is 5. The van der Waals surface area contributed by atoms with Crippen molar-refractivity contribution in [1.82, 2.24) is 15.5 Å². The molecule has 5 nitrogen and oxygen atoms in total. The van der Waals surface area contributed by atoms with Crippen LogP contribution in [-0.2, 0) is 0 Å². The van der Waals surface area contributed by atoms with Gasteiger partial charge in [-0.05, 0) is 59.0 Å². The molecule has 0 aromatic carbocycles. The monoisotopic (exact) mass is 269 g/mol. The topological polar surface area (TPSA) is 64.6 Å². The molecule has 3 unspecified atom stereocenters. The molecule has 0 aliphatic heterocycles. The Hall–Kier alpha value is -0.810. The summed E-state index contributed by atoms with van der Waals surface area (Å²) in [5, 5.41) is 15.5. The zero-order chi connectivity index (χ0) is 14.0. The number of nitrogens with one attached hydrogen (secondary N) is 2. The van der Waals surface area contributed by atoms with Crippen molar-refractivity contribution in [3.63, 3.8) is 0 Å². The summed E-state index contributed by atoms with van der Waals surface area (Å²) in [6.07, 6.45) is 5.39. The van der Waals surface area contributed by atoms with Crippen molar-refractivity contribution in [1.29, 1.82) is 0 Å². The number of carbonyl (C=O) groups excluding carboxylic acids is 1. The molecule has 19 heavy (non-hydrogen) atoms. The average molecular weight is 269 g/mol. The molecule has 2 aliphatic rings. The Morgan fingerprint density at radius 2 is 2.00 bits per heavy atom. The summed E-state index contributed by atoms with van der Waals surface area (Å²) in [6.45, 7) is 1.94. The van der Waals surface area contributed by atoms with E-state index in [1.165, 1.54) is 0 Å². The van der Waals surface area contributed by atoms with E-state index in [4.69, 9.17) is 0 Å². The molecule has 0 radical (unpaired) electrons. The summed E-state index contributed by atoms with van der Waals surface area (Å²) in [5.41, 5.74) is -0.455. The molecule has 0 bridgehead atoms. The maximum atomic E-state index is 12.0. The Morgan fingerprint density at radius 1 is 1.32 bits per heavy atom. The fourth-order valence-electron chi connectivity index (χ4n) is 3.03. The number of nitrogens with zero attached hydrogens (tertiary/aromatic N) is 1. The Bertz CT molecular complexity index is 331. The van der Waals surface area contributed by atoms with Gasteiger partial charge >= 0.3 is 6.03 Å². The lowest BCUT2D eigenvalue weighted by atomic mass is 9.97. The normalized spacial score (nSPS) is 30.2. The second-order valence-corrected chi connectivity index (χ2v) is 6.58. The molecular weight excluding hydrogens is 242 g/mol. The molecule has 2 fully saturated rings. The van der Waals surface area contributed by atoms with Crippen LogP contribution >= 0.6 is 0 Å². The summed E-state index contributed by atoms with van der Waals surface area (Å²) >= 11 is 0. The third-order valence-corrected chi connectivity index (χ3v) is 4.68. The van der Waals surface area contributed by atoms with Crippen molar-refractivity contribution in [2.75, 3.05) is 20.7 Å². The summed E-state index contributed by atoms with van der Waals surface area (Å²) in [5.74, 6) is 0.432. The van der Waals surface area contributed by atoms with E-state index in [0.29, 0.717) is 12.0 Å². The van der Waals surface area contributed by atoms with Crippen LogP contribution in [0.3, 0.4) is 0 Å². The van der Waals surface area contributed by atoms with Gasteiger partial charge in [0.2, 0.25) is 0 Å². The van der Waals surface area contributed by atoms with Crippen LogP contribution in [0.15, 0.2) is 0 Å². The van der Waals surface area contributed by atoms with E-state index in [-0.39, 0.29) is 18.7 Å². The fraction of sp³-hybridized carbons (Fsp3) is 0.929. The van der Waals surface area contributed by atoms with Crippen LogP contribution in [0.1, 0.15) is 39.0 Å². The maximum absolute atomic E-state index is 12.0. The summed E-state index contributed by atoms with van der Waals surface area (Å²) in [7, 11) is 4.17. The van der Waals surface area contributed by atoms with Gasteiger partial charge in [-0.25, -0.2) is 4.79 Å². The van der Waals surface area contributed by atoms with E-state index in [0.717, 1.165) is 32.1 Å². The van der Waals surface area contributed by atoms with Gasteiger partial charge in [-0.3, -0.25) is 0 Å². The molecule has 5 heteroatoms. The number of aliphatic hydroxyl groups excluding tert-OH is 1. The molecule has 0 saturated heterocycles. The molecule has 0 aromatic heterocycles. The molecule has 110 valence electrons. The standard InChI is InChI=1S/C14H27N3O2/c1-14(9-18,10-4-5-10)16-13(19)15-11-6-7-12(8-11)17(2)3/h10-12,18H,4-9H2,1-3H3,(H2,15,16,19). The molecule has 2 amide bonds. The molecule has 3 N–H and O–H groups in total. The molecule has 2 saturated carbocycles. The first-order valence-corrected chi connectivity index (χ1v) is 7.30. The number of hydrogen-bond acceptors (Lipinski definition) is 3. The van der Waals surface area contributed by atoms with Gasteiger partial charge in [0, 0.05) is 12.1 Å². The Morgan fingerprint density at radius 3 is 2.47 bits per heavy atom. The van der Waals surface area contributed by atoms with Gasteiger partial charge in [-0.2, -0.15) is 0 Å². The highest BCUT2D eigenvalue weighted by Gasteiger charge is 2.42. The first kappa shape index (κ1) is 14.6. The minimum atomic E-state index is -0.455. The fourth-order valence-corrected chi connectivity index (χ4v) is 3.03. The predicted molar refractivity (Wildman–Crippen MR) is 75.0 cm³/mol. The molecule has 0 heterocycles. The lowest BCUT2D eigenvalue weighted by Crippen LogP contribution is -2.55. The van der Waals surface area contributed by atoms with E-state index in [1.807, 2.05) is 6.92 Å². The molecule has 0 spiro atoms. The quantitative estimate of drug-likeness (QED) is 0.695. The lowest BCUT2D eigenvalue weighted by Gasteiger charge is -2.29. The van der Waals surface area contributed by atoms with Crippen LogP contribution in [0.25, 0.3) is 0 Å². The average Bonchev–Trinajstić information content (AvgIpc) is 3.10. The smallest absolute Gasteiger partial charge is 0.315 e. The van der Waals surface area contributed by atoms with E-state index < -0.39 is 5.54 Å². The molecule has 2 aliphatic carbocycles. The summed E-state index contributed by atoms with van der Waals surface area (Å²) < 4.78 is 0. The van der Waals surface area contributed by atoms with E-state index in [9.17, 15) is 9.90 Å². The van der Waals surface area contributed by atoms with Gasteiger partial charge in [0.25, 0.3) is 0 Å². The van der Waals surface area contributed by atoms with Crippen molar-refractivity contribution in [3.8, 4) is 0 Å². The highest BCUT2D eigenvalue weighted by Crippen LogP contribution is 2.39. The Labute approximate surface area is 115 Å². The second kappa shape index (κ2) is 5.67. The van der Waals surface area contributed by atoms with E-state index >= 15 is 0 Å². The number of amides is 2. The zero-order valence-corrected chi connectivity index (χ0v) is 12.3. The van der Waals surface area contributed by atoms with Crippen LogP contribution in [-0.4, -0.2) is 54.4 Å². The van der Waals surface area contributed by atoms with Crippen molar-refractivity contribution < 1.29 is 9.90 Å². The SMILES string of the molecule is CN(C)C1CCC(NC(=O)NC(C)(CO)C2CC2)C1. The predicted octanol–water partition coefficient (Wildman–Crippen LogP) is 0.929. The van der Waals surface area contributed by atoms with Gasteiger partial charge in [-0.15, -0.1) is 0 Å². The lowest BCUT2D eigenvalue weighted by molar-refractivity contribution is 0.154.